The molecule has 0 bridgehead atoms. The monoisotopic (exact) mass is 462 g/mol. The Morgan fingerprint density at radius 1 is 1.23 bits per heavy atom. The minimum absolute atomic E-state index is 0.187. The number of hydrogen-bond acceptors (Lipinski definition) is 7. The molecule has 0 fully saturated rings. The first-order valence-corrected chi connectivity index (χ1v) is 11.9. The summed E-state index contributed by atoms with van der Waals surface area (Å²) in [6, 6.07) is 8.47. The van der Waals surface area contributed by atoms with Gasteiger partial charge in [0.25, 0.3) is 5.91 Å². The van der Waals surface area contributed by atoms with E-state index in [1.54, 1.807) is 52.1 Å². The second-order valence-corrected chi connectivity index (χ2v) is 10.8. The molecule has 1 amide bonds. The van der Waals surface area contributed by atoms with Crippen molar-refractivity contribution in [1.82, 2.24) is 15.0 Å². The van der Waals surface area contributed by atoms with Crippen LogP contribution in [0.25, 0.3) is 20.5 Å². The number of nitrogens with one attached hydrogen (secondary N) is 2. The fourth-order valence-electron chi connectivity index (χ4n) is 2.97. The van der Waals surface area contributed by atoms with E-state index >= 15 is 0 Å². The number of carbonyl (C=O) groups excluding carboxylic acids is 1. The summed E-state index contributed by atoms with van der Waals surface area (Å²) in [5.74, 6) is 0.0807. The molecule has 2 heterocycles. The lowest BCUT2D eigenvalue weighted by molar-refractivity contribution is 0.0938. The van der Waals surface area contributed by atoms with Crippen molar-refractivity contribution in [1.29, 1.82) is 0 Å². The van der Waals surface area contributed by atoms with Crippen molar-refractivity contribution in [3.63, 3.8) is 0 Å². The molecule has 0 spiro atoms. The van der Waals surface area contributed by atoms with Crippen LogP contribution in [-0.2, 0) is 14.8 Å². The number of rotatable bonds is 7. The topological polar surface area (TPSA) is 123 Å². The second kappa shape index (κ2) is 8.91. The molecule has 10 heteroatoms. The minimum Gasteiger partial charge on any atom is -0.383 e. The summed E-state index contributed by atoms with van der Waals surface area (Å²) in [5, 5.41) is 3.48. The van der Waals surface area contributed by atoms with Crippen LogP contribution in [0.4, 0.5) is 5.82 Å². The van der Waals surface area contributed by atoms with Gasteiger partial charge in [-0.3, -0.25) is 4.79 Å². The summed E-state index contributed by atoms with van der Waals surface area (Å²) in [5.41, 5.74) is 6.71. The van der Waals surface area contributed by atoms with Gasteiger partial charge in [-0.1, -0.05) is 12.1 Å². The highest BCUT2D eigenvalue weighted by Gasteiger charge is 2.22. The number of carbonyl (C=O) groups is 1. The average Bonchev–Trinajstić information content (AvgIpc) is 3.13. The molecule has 0 aliphatic carbocycles. The Morgan fingerprint density at radius 3 is 2.52 bits per heavy atom. The lowest BCUT2D eigenvalue weighted by Crippen LogP contribution is -2.40. The van der Waals surface area contributed by atoms with Crippen molar-refractivity contribution in [2.45, 2.75) is 31.2 Å². The number of sulfonamides is 1. The number of nitrogens with two attached hydrogens (primary N) is 1. The molecule has 31 heavy (non-hydrogen) atoms. The number of benzene rings is 1. The number of fused-ring (bicyclic) bond motifs is 1. The maximum atomic E-state index is 12.5. The van der Waals surface area contributed by atoms with E-state index in [4.69, 9.17) is 10.5 Å². The van der Waals surface area contributed by atoms with Gasteiger partial charge in [-0.25, -0.2) is 18.1 Å². The zero-order valence-electron chi connectivity index (χ0n) is 17.9. The van der Waals surface area contributed by atoms with Crippen molar-refractivity contribution in [2.75, 3.05) is 26.0 Å². The van der Waals surface area contributed by atoms with E-state index in [1.807, 2.05) is 6.07 Å². The number of hydrogen-bond donors (Lipinski definition) is 3. The molecule has 0 saturated carbocycles. The van der Waals surface area contributed by atoms with Gasteiger partial charge in [0.2, 0.25) is 10.0 Å². The normalized spacial score (nSPS) is 12.3. The van der Waals surface area contributed by atoms with E-state index in [-0.39, 0.29) is 10.8 Å². The minimum atomic E-state index is -3.62. The van der Waals surface area contributed by atoms with E-state index in [2.05, 4.69) is 15.0 Å². The van der Waals surface area contributed by atoms with Crippen molar-refractivity contribution in [3.8, 4) is 10.4 Å². The predicted molar refractivity (Wildman–Crippen MR) is 124 cm³/mol. The van der Waals surface area contributed by atoms with Crippen LogP contribution in [0.3, 0.4) is 0 Å². The van der Waals surface area contributed by atoms with Gasteiger partial charge in [-0.2, -0.15) is 0 Å². The number of nitrogens with zero attached hydrogens (tertiary/aromatic N) is 1. The molecule has 3 rings (SSSR count). The number of thiophene rings is 1. The quantitative estimate of drug-likeness (QED) is 0.464. The molecule has 0 aliphatic rings. The summed E-state index contributed by atoms with van der Waals surface area (Å²) in [7, 11) is -2.05. The van der Waals surface area contributed by atoms with Crippen LogP contribution >= 0.6 is 11.3 Å². The predicted octanol–water partition coefficient (Wildman–Crippen LogP) is 3.00. The molecule has 3 aromatic rings. The molecule has 8 nitrogen and oxygen atoms in total. The van der Waals surface area contributed by atoms with Gasteiger partial charge in [0.1, 0.15) is 5.82 Å². The Morgan fingerprint density at radius 2 is 1.90 bits per heavy atom. The summed E-state index contributed by atoms with van der Waals surface area (Å²) >= 11 is 1.40. The Kier molecular flexibility index (Phi) is 6.65. The van der Waals surface area contributed by atoms with Gasteiger partial charge in [0.15, 0.2) is 0 Å². The highest BCUT2D eigenvalue weighted by molar-refractivity contribution is 7.89. The fraction of sp³-hybridized carbons (Fsp3) is 0.333. The SMILES string of the molecule is COCCNC(=O)c1cnc(N)c2cc(-c3ccc(S(=O)(=O)NC(C)(C)C)cc3)sc12. The third-order valence-corrected chi connectivity index (χ3v) is 7.30. The first kappa shape index (κ1) is 23.1. The number of nitrogen functional groups attached to an aromatic ring is 1. The molecular weight excluding hydrogens is 436 g/mol. The van der Waals surface area contributed by atoms with Crippen molar-refractivity contribution < 1.29 is 17.9 Å². The molecule has 4 N–H and O–H groups in total. The summed E-state index contributed by atoms with van der Waals surface area (Å²) in [4.78, 5) is 17.7. The second-order valence-electron chi connectivity index (χ2n) is 8.04. The van der Waals surface area contributed by atoms with Crippen molar-refractivity contribution >= 4 is 43.2 Å². The number of aromatic nitrogens is 1. The summed E-state index contributed by atoms with van der Waals surface area (Å²) in [6.45, 7) is 6.16. The molecule has 2 aromatic heterocycles. The first-order valence-electron chi connectivity index (χ1n) is 9.61. The van der Waals surface area contributed by atoms with Crippen LogP contribution in [-0.4, -0.2) is 45.1 Å². The van der Waals surface area contributed by atoms with Crippen molar-refractivity contribution in [3.05, 3.63) is 42.1 Å². The number of methoxy groups -OCH3 is 1. The Hall–Kier alpha value is -2.53. The molecule has 0 atom stereocenters. The lowest BCUT2D eigenvalue weighted by Gasteiger charge is -2.20. The third kappa shape index (κ3) is 5.40. The van der Waals surface area contributed by atoms with Crippen LogP contribution in [0, 0.1) is 0 Å². The standard InChI is InChI=1S/C21H26N4O4S2/c1-21(2,3)25-31(27,28)14-7-5-13(6-8-14)17-11-15-18(30-17)16(12-24-19(15)22)20(26)23-9-10-29-4/h5-8,11-12,25H,9-10H2,1-4H3,(H2,22,24)(H,23,26). The van der Waals surface area contributed by atoms with Crippen LogP contribution in [0.1, 0.15) is 31.1 Å². The van der Waals surface area contributed by atoms with Gasteiger partial charge in [0, 0.05) is 35.7 Å². The summed E-state index contributed by atoms with van der Waals surface area (Å²) < 4.78 is 33.4. The molecule has 0 aliphatic heterocycles. The summed E-state index contributed by atoms with van der Waals surface area (Å²) in [6.07, 6.45) is 1.47. The maximum Gasteiger partial charge on any atom is 0.254 e. The third-order valence-electron chi connectivity index (χ3n) is 4.31. The zero-order chi connectivity index (χ0) is 22.8. The van der Waals surface area contributed by atoms with Gasteiger partial charge in [-0.15, -0.1) is 11.3 Å². The lowest BCUT2D eigenvalue weighted by atomic mass is 10.1. The smallest absolute Gasteiger partial charge is 0.254 e. The number of pyridine rings is 1. The molecule has 0 unspecified atom stereocenters. The van der Waals surface area contributed by atoms with Gasteiger partial charge in [0.05, 0.1) is 21.8 Å². The van der Waals surface area contributed by atoms with Crippen molar-refractivity contribution in [2.24, 2.45) is 0 Å². The average molecular weight is 463 g/mol. The Balaban J connectivity index is 1.94. The van der Waals surface area contributed by atoms with Gasteiger partial charge in [-0.05, 0) is 44.5 Å². The number of ether oxygens (including phenoxy) is 1. The van der Waals surface area contributed by atoms with E-state index in [0.717, 1.165) is 15.1 Å². The Labute approximate surface area is 185 Å². The molecule has 1 aromatic carbocycles. The largest absolute Gasteiger partial charge is 0.383 e. The van der Waals surface area contributed by atoms with Gasteiger partial charge >= 0.3 is 0 Å². The van der Waals surface area contributed by atoms with Crippen LogP contribution in [0.15, 0.2) is 41.4 Å². The highest BCUT2D eigenvalue weighted by atomic mass is 32.2. The van der Waals surface area contributed by atoms with E-state index in [0.29, 0.717) is 29.9 Å². The van der Waals surface area contributed by atoms with E-state index in [9.17, 15) is 13.2 Å². The van der Waals surface area contributed by atoms with Gasteiger partial charge < -0.3 is 15.8 Å². The van der Waals surface area contributed by atoms with E-state index in [1.165, 1.54) is 17.5 Å². The zero-order valence-corrected chi connectivity index (χ0v) is 19.5. The molecule has 166 valence electrons. The molecule has 0 radical (unpaired) electrons. The molecular formula is C21H26N4O4S2. The van der Waals surface area contributed by atoms with E-state index < -0.39 is 15.6 Å². The van der Waals surface area contributed by atoms with Crippen LogP contribution < -0.4 is 15.8 Å². The number of amides is 1. The first-order chi connectivity index (χ1) is 14.5. The van der Waals surface area contributed by atoms with Crippen LogP contribution in [0.5, 0.6) is 0 Å². The van der Waals surface area contributed by atoms with Crippen LogP contribution in [0.2, 0.25) is 0 Å². The number of anilines is 1. The maximum absolute atomic E-state index is 12.5. The molecule has 0 saturated heterocycles. The fourth-order valence-corrected chi connectivity index (χ4v) is 5.57. The Bertz CT molecular complexity index is 1200. The highest BCUT2D eigenvalue weighted by Crippen LogP contribution is 2.37.